The molecule has 2 amide bonds. The Hall–Kier alpha value is -0.900. The highest BCUT2D eigenvalue weighted by Gasteiger charge is 2.39. The van der Waals surface area contributed by atoms with E-state index in [0.717, 1.165) is 12.8 Å². The van der Waals surface area contributed by atoms with Crippen molar-refractivity contribution in [2.45, 2.75) is 25.8 Å². The van der Waals surface area contributed by atoms with Gasteiger partial charge in [-0.1, -0.05) is 0 Å². The number of rotatable bonds is 2. The summed E-state index contributed by atoms with van der Waals surface area (Å²) < 4.78 is 4.83. The zero-order chi connectivity index (χ0) is 9.42. The lowest BCUT2D eigenvalue weighted by Gasteiger charge is -2.30. The summed E-state index contributed by atoms with van der Waals surface area (Å²) >= 11 is 0. The number of carbonyl (C=O) groups is 2. The van der Waals surface area contributed by atoms with Crippen LogP contribution in [0, 0.1) is 5.92 Å². The Bertz CT molecular complexity index is 231. The maximum Gasteiger partial charge on any atom is 0.255 e. The minimum atomic E-state index is -0.185. The third-order valence-corrected chi connectivity index (χ3v) is 2.70. The smallest absolute Gasteiger partial charge is 0.255 e. The van der Waals surface area contributed by atoms with Crippen LogP contribution in [0.4, 0.5) is 0 Å². The molecule has 2 fully saturated rings. The van der Waals surface area contributed by atoms with E-state index in [9.17, 15) is 9.59 Å². The van der Waals surface area contributed by atoms with Gasteiger partial charge in [-0.2, -0.15) is 0 Å². The van der Waals surface area contributed by atoms with Crippen LogP contribution in [-0.4, -0.2) is 36.0 Å². The molecule has 1 saturated heterocycles. The quantitative estimate of drug-likeness (QED) is 0.573. The first kappa shape index (κ1) is 8.69. The Morgan fingerprint density at radius 2 is 1.85 bits per heavy atom. The molecule has 4 heteroatoms. The molecule has 0 aromatic carbocycles. The second-order valence-corrected chi connectivity index (χ2v) is 3.73. The second kappa shape index (κ2) is 3.10. The van der Waals surface area contributed by atoms with Gasteiger partial charge >= 0.3 is 0 Å². The van der Waals surface area contributed by atoms with Crippen LogP contribution in [0.1, 0.15) is 19.8 Å². The number of hydrogen-bond acceptors (Lipinski definition) is 3. The number of amides is 2. The van der Waals surface area contributed by atoms with Gasteiger partial charge in [-0.15, -0.1) is 0 Å². The van der Waals surface area contributed by atoms with Crippen molar-refractivity contribution in [1.29, 1.82) is 0 Å². The van der Waals surface area contributed by atoms with Crippen LogP contribution in [0.3, 0.4) is 0 Å². The third kappa shape index (κ3) is 1.58. The Morgan fingerprint density at radius 1 is 1.31 bits per heavy atom. The van der Waals surface area contributed by atoms with E-state index in [1.165, 1.54) is 4.90 Å². The largest absolute Gasteiger partial charge is 0.362 e. The predicted octanol–water partition coefficient (Wildman–Crippen LogP) is 0.170. The fraction of sp³-hybridized carbons (Fsp3) is 0.778. The number of morpholine rings is 1. The van der Waals surface area contributed by atoms with Gasteiger partial charge in [0, 0.05) is 6.04 Å². The van der Waals surface area contributed by atoms with Crippen molar-refractivity contribution in [2.24, 2.45) is 5.92 Å². The van der Waals surface area contributed by atoms with Gasteiger partial charge in [-0.3, -0.25) is 14.5 Å². The molecule has 0 N–H and O–H groups in total. The number of nitrogens with zero attached hydrogens (tertiary/aromatic N) is 1. The summed E-state index contributed by atoms with van der Waals surface area (Å²) in [6.07, 6.45) is 2.28. The molecule has 13 heavy (non-hydrogen) atoms. The molecule has 4 nitrogen and oxygen atoms in total. The summed E-state index contributed by atoms with van der Waals surface area (Å²) in [7, 11) is 0. The first-order valence-electron chi connectivity index (χ1n) is 4.63. The van der Waals surface area contributed by atoms with E-state index in [4.69, 9.17) is 4.74 Å². The molecule has 0 aromatic rings. The summed E-state index contributed by atoms with van der Waals surface area (Å²) in [6.45, 7) is 2.06. The lowest BCUT2D eigenvalue weighted by Crippen LogP contribution is -2.51. The normalized spacial score (nSPS) is 26.4. The molecule has 0 spiro atoms. The zero-order valence-corrected chi connectivity index (χ0v) is 7.66. The number of imide groups is 1. The highest BCUT2D eigenvalue weighted by atomic mass is 16.5. The minimum absolute atomic E-state index is 0.0583. The van der Waals surface area contributed by atoms with Gasteiger partial charge in [-0.25, -0.2) is 0 Å². The molecule has 1 heterocycles. The van der Waals surface area contributed by atoms with E-state index in [-0.39, 0.29) is 31.1 Å². The average molecular weight is 183 g/mol. The van der Waals surface area contributed by atoms with Crippen molar-refractivity contribution in [3.8, 4) is 0 Å². The first-order chi connectivity index (χ1) is 6.20. The summed E-state index contributed by atoms with van der Waals surface area (Å²) in [5, 5.41) is 0. The SMILES string of the molecule is CC(C1CC1)N1C(=O)COCC1=O. The Balaban J connectivity index is 2.08. The Labute approximate surface area is 76.8 Å². The first-order valence-corrected chi connectivity index (χ1v) is 4.63. The molecule has 1 aliphatic carbocycles. The van der Waals surface area contributed by atoms with Crippen molar-refractivity contribution >= 4 is 11.8 Å². The van der Waals surface area contributed by atoms with Gasteiger partial charge in [0.1, 0.15) is 13.2 Å². The van der Waals surface area contributed by atoms with Gasteiger partial charge in [0.25, 0.3) is 11.8 Å². The monoisotopic (exact) mass is 183 g/mol. The highest BCUT2D eigenvalue weighted by Crippen LogP contribution is 2.35. The fourth-order valence-corrected chi connectivity index (χ4v) is 1.75. The van der Waals surface area contributed by atoms with Crippen LogP contribution >= 0.6 is 0 Å². The Morgan fingerprint density at radius 3 is 2.31 bits per heavy atom. The molecule has 0 bridgehead atoms. The summed E-state index contributed by atoms with van der Waals surface area (Å²) in [5.74, 6) is 0.164. The van der Waals surface area contributed by atoms with Crippen LogP contribution in [0.15, 0.2) is 0 Å². The number of carbonyl (C=O) groups excluding carboxylic acids is 2. The molecule has 1 unspecified atom stereocenters. The molecule has 0 radical (unpaired) electrons. The van der Waals surface area contributed by atoms with Crippen molar-refractivity contribution in [2.75, 3.05) is 13.2 Å². The van der Waals surface area contributed by atoms with Crippen LogP contribution in [0.5, 0.6) is 0 Å². The fourth-order valence-electron chi connectivity index (χ4n) is 1.75. The molecule has 2 rings (SSSR count). The number of hydrogen-bond donors (Lipinski definition) is 0. The molecule has 0 aromatic heterocycles. The molecular formula is C9H13NO3. The zero-order valence-electron chi connectivity index (χ0n) is 7.66. The summed E-state index contributed by atoms with van der Waals surface area (Å²) in [5.41, 5.74) is 0. The molecule has 1 atom stereocenters. The lowest BCUT2D eigenvalue weighted by atomic mass is 10.1. The van der Waals surface area contributed by atoms with Gasteiger partial charge in [0.15, 0.2) is 0 Å². The molecule has 72 valence electrons. The molecule has 2 aliphatic rings. The van der Waals surface area contributed by atoms with Crippen molar-refractivity contribution in [3.63, 3.8) is 0 Å². The van der Waals surface area contributed by atoms with Crippen LogP contribution in [-0.2, 0) is 14.3 Å². The summed E-state index contributed by atoms with van der Waals surface area (Å²) in [6, 6.07) is 0.0731. The van der Waals surface area contributed by atoms with E-state index in [2.05, 4.69) is 0 Å². The van der Waals surface area contributed by atoms with Crippen LogP contribution < -0.4 is 0 Å². The van der Waals surface area contributed by atoms with Gasteiger partial charge in [0.05, 0.1) is 0 Å². The number of ether oxygens (including phenoxy) is 1. The molecule has 1 aliphatic heterocycles. The lowest BCUT2D eigenvalue weighted by molar-refractivity contribution is -0.161. The maximum absolute atomic E-state index is 11.4. The Kier molecular flexibility index (Phi) is 2.07. The van der Waals surface area contributed by atoms with E-state index in [0.29, 0.717) is 5.92 Å². The van der Waals surface area contributed by atoms with Crippen molar-refractivity contribution < 1.29 is 14.3 Å². The minimum Gasteiger partial charge on any atom is -0.362 e. The highest BCUT2D eigenvalue weighted by molar-refractivity contribution is 5.98. The standard InChI is InChI=1S/C9H13NO3/c1-6(7-2-3-7)10-8(11)4-13-5-9(10)12/h6-7H,2-5H2,1H3. The van der Waals surface area contributed by atoms with E-state index in [1.54, 1.807) is 0 Å². The predicted molar refractivity (Wildman–Crippen MR) is 44.9 cm³/mol. The maximum atomic E-state index is 11.4. The van der Waals surface area contributed by atoms with Crippen molar-refractivity contribution in [3.05, 3.63) is 0 Å². The summed E-state index contributed by atoms with van der Waals surface area (Å²) in [4.78, 5) is 24.1. The average Bonchev–Trinajstić information content (AvgIpc) is 2.85. The van der Waals surface area contributed by atoms with Gasteiger partial charge in [-0.05, 0) is 25.7 Å². The van der Waals surface area contributed by atoms with E-state index < -0.39 is 0 Å². The van der Waals surface area contributed by atoms with E-state index >= 15 is 0 Å². The van der Waals surface area contributed by atoms with Crippen molar-refractivity contribution in [1.82, 2.24) is 4.90 Å². The van der Waals surface area contributed by atoms with Gasteiger partial charge in [0.2, 0.25) is 0 Å². The topological polar surface area (TPSA) is 46.6 Å². The molecule has 1 saturated carbocycles. The third-order valence-electron chi connectivity index (χ3n) is 2.70. The molecular weight excluding hydrogens is 170 g/mol. The second-order valence-electron chi connectivity index (χ2n) is 3.73. The van der Waals surface area contributed by atoms with Crippen LogP contribution in [0.2, 0.25) is 0 Å². The van der Waals surface area contributed by atoms with Crippen LogP contribution in [0.25, 0.3) is 0 Å². The van der Waals surface area contributed by atoms with E-state index in [1.807, 2.05) is 6.92 Å². The van der Waals surface area contributed by atoms with Gasteiger partial charge < -0.3 is 4.74 Å².